The number of hydrogen-bond acceptors (Lipinski definition) is 1. The molecule has 1 aromatic heterocycles. The van der Waals surface area contributed by atoms with Gasteiger partial charge in [-0.2, -0.15) is 0 Å². The van der Waals surface area contributed by atoms with Crippen LogP contribution < -0.4 is 0 Å². The Morgan fingerprint density at radius 1 is 0.684 bits per heavy atom. The molecular formula is C34H22Br3N+4. The third-order valence-corrected chi connectivity index (χ3v) is 7.96. The summed E-state index contributed by atoms with van der Waals surface area (Å²) in [7, 11) is 0. The maximum absolute atomic E-state index is 4.18. The highest BCUT2D eigenvalue weighted by molar-refractivity contribution is 9.12. The number of fused-ring (bicyclic) bond motifs is 4. The second-order valence-corrected chi connectivity index (χ2v) is 12.7. The van der Waals surface area contributed by atoms with Crippen LogP contribution in [-0.2, 0) is 6.42 Å². The van der Waals surface area contributed by atoms with Gasteiger partial charge >= 0.3 is 0 Å². The van der Waals surface area contributed by atoms with E-state index in [1.807, 2.05) is 12.4 Å². The molecule has 5 aliphatic rings. The van der Waals surface area contributed by atoms with E-state index in [1.165, 1.54) is 27.9 Å². The van der Waals surface area contributed by atoms with E-state index in [4.69, 9.17) is 0 Å². The van der Waals surface area contributed by atoms with Gasteiger partial charge in [0, 0.05) is 71.6 Å². The fraction of sp³-hybridized carbons (Fsp3) is 0.118. The van der Waals surface area contributed by atoms with Crippen LogP contribution in [0.5, 0.6) is 0 Å². The van der Waals surface area contributed by atoms with Crippen molar-refractivity contribution in [2.24, 2.45) is 0 Å². The minimum Gasteiger partial charge on any atom is -0.265 e. The highest BCUT2D eigenvalue weighted by atomic mass is 79.9. The molecule has 0 aromatic carbocycles. The summed E-state index contributed by atoms with van der Waals surface area (Å²) in [6.45, 7) is 0. The second-order valence-electron chi connectivity index (χ2n) is 9.76. The van der Waals surface area contributed by atoms with Crippen molar-refractivity contribution < 1.29 is 0 Å². The first-order valence-corrected chi connectivity index (χ1v) is 14.8. The number of allylic oxidation sites excluding steroid dienone is 24. The molecule has 38 heavy (non-hydrogen) atoms. The summed E-state index contributed by atoms with van der Waals surface area (Å²) >= 11 is 11.2. The lowest BCUT2D eigenvalue weighted by molar-refractivity contribution is 1.01. The molecule has 6 rings (SSSR count). The number of rotatable bonds is 2. The first-order chi connectivity index (χ1) is 18.4. The zero-order valence-electron chi connectivity index (χ0n) is 20.5. The highest BCUT2D eigenvalue weighted by Gasteiger charge is 2.27. The number of pyridine rings is 1. The minimum absolute atomic E-state index is 0.803. The van der Waals surface area contributed by atoms with Crippen molar-refractivity contribution in [3.63, 3.8) is 0 Å². The monoisotopic (exact) mass is 681 g/mol. The van der Waals surface area contributed by atoms with E-state index in [2.05, 4.69) is 144 Å². The molecule has 0 spiro atoms. The second kappa shape index (κ2) is 11.0. The van der Waals surface area contributed by atoms with E-state index >= 15 is 0 Å². The van der Waals surface area contributed by atoms with Crippen LogP contribution in [0.1, 0.15) is 24.8 Å². The van der Waals surface area contributed by atoms with Crippen molar-refractivity contribution in [2.45, 2.75) is 25.7 Å². The Morgan fingerprint density at radius 2 is 1.39 bits per heavy atom. The number of hydrogen-bond donors (Lipinski definition) is 0. The third kappa shape index (κ3) is 6.37. The van der Waals surface area contributed by atoms with E-state index < -0.39 is 0 Å². The van der Waals surface area contributed by atoms with Gasteiger partial charge in [0.2, 0.25) is 11.1 Å². The zero-order chi connectivity index (χ0) is 26.1. The van der Waals surface area contributed by atoms with Gasteiger partial charge in [-0.15, -0.1) is 0 Å². The summed E-state index contributed by atoms with van der Waals surface area (Å²) in [6, 6.07) is 4.19. The molecule has 1 aromatic rings. The lowest BCUT2D eigenvalue weighted by Gasteiger charge is -2.13. The molecule has 0 N–H and O–H groups in total. The van der Waals surface area contributed by atoms with Crippen molar-refractivity contribution in [1.82, 2.24) is 4.98 Å². The molecule has 0 unspecified atom stereocenters. The van der Waals surface area contributed by atoms with Crippen LogP contribution >= 0.6 is 47.8 Å². The number of halogens is 3. The van der Waals surface area contributed by atoms with Gasteiger partial charge in [-0.3, -0.25) is 4.98 Å². The van der Waals surface area contributed by atoms with Crippen LogP contribution in [0.25, 0.3) is 0 Å². The van der Waals surface area contributed by atoms with Gasteiger partial charge in [0.1, 0.15) is 28.6 Å². The van der Waals surface area contributed by atoms with Gasteiger partial charge in [0.25, 0.3) is 0 Å². The van der Waals surface area contributed by atoms with Gasteiger partial charge in [0.15, 0.2) is 5.57 Å². The molecule has 0 amide bonds. The molecule has 0 fully saturated rings. The molecule has 8 bridgehead atoms. The summed E-state index contributed by atoms with van der Waals surface area (Å²) in [6.07, 6.45) is 40.1. The Balaban J connectivity index is 1.49. The molecule has 4 heteroatoms. The van der Waals surface area contributed by atoms with Gasteiger partial charge in [0.05, 0.1) is 39.9 Å². The van der Waals surface area contributed by atoms with Crippen molar-refractivity contribution in [3.05, 3.63) is 173 Å². The Bertz CT molecular complexity index is 1570. The van der Waals surface area contributed by atoms with Crippen LogP contribution in [0.4, 0.5) is 0 Å². The van der Waals surface area contributed by atoms with Crippen LogP contribution in [0.3, 0.4) is 0 Å². The van der Waals surface area contributed by atoms with E-state index in [9.17, 15) is 0 Å². The molecule has 0 radical (unpaired) electrons. The molecule has 0 saturated carbocycles. The van der Waals surface area contributed by atoms with Crippen molar-refractivity contribution in [1.29, 1.82) is 0 Å². The Labute approximate surface area is 250 Å². The van der Waals surface area contributed by atoms with Gasteiger partial charge in [-0.1, -0.05) is 5.57 Å². The minimum atomic E-state index is 0.803. The normalized spacial score (nSPS) is 20.2. The number of nitrogens with zero attached hydrogens (tertiary/aromatic N) is 1. The van der Waals surface area contributed by atoms with E-state index in [1.54, 1.807) is 0 Å². The fourth-order valence-corrected chi connectivity index (χ4v) is 6.67. The Hall–Kier alpha value is -2.93. The van der Waals surface area contributed by atoms with Crippen molar-refractivity contribution in [2.75, 3.05) is 0 Å². The fourth-order valence-electron chi connectivity index (χ4n) is 5.06. The lowest BCUT2D eigenvalue weighted by Crippen LogP contribution is -2.02. The maximum Gasteiger partial charge on any atom is 0.231 e. The maximum atomic E-state index is 4.18. The Kier molecular flexibility index (Phi) is 7.37. The van der Waals surface area contributed by atoms with Gasteiger partial charge < -0.3 is 0 Å². The van der Waals surface area contributed by atoms with Crippen LogP contribution in [0.2, 0.25) is 0 Å². The smallest absolute Gasteiger partial charge is 0.231 e. The molecule has 1 nitrogen and oxygen atoms in total. The standard InChI is InChI=1S/C34H22Br3N/c35-32-16-26-9-24-6-23(5-22-1-3-38-4-2-22)7-25(8-24)10-27-12-29(19-33(36)17-27)14-31-15-30(20-34(37)21-31)13-28(11-26)18-32/h1-4,6,8-9,11-12,15,17-18,20-21H,5,7,16,19H2/q+4. The molecule has 0 saturated heterocycles. The molecule has 0 atom stereocenters. The summed E-state index contributed by atoms with van der Waals surface area (Å²) < 4.78 is 3.29. The summed E-state index contributed by atoms with van der Waals surface area (Å²) in [5, 5.41) is 0. The molecule has 0 aliphatic heterocycles. The predicted octanol–water partition coefficient (Wildman–Crippen LogP) is 9.65. The van der Waals surface area contributed by atoms with Gasteiger partial charge in [-0.25, -0.2) is 0 Å². The lowest BCUT2D eigenvalue weighted by atomic mass is 9.87. The number of aromatic nitrogens is 1. The highest BCUT2D eigenvalue weighted by Crippen LogP contribution is 2.35. The average molecular weight is 684 g/mol. The van der Waals surface area contributed by atoms with E-state index in [0.717, 1.165) is 67.0 Å². The Morgan fingerprint density at radius 3 is 2.21 bits per heavy atom. The molecule has 180 valence electrons. The third-order valence-electron chi connectivity index (χ3n) is 6.49. The molecule has 5 aliphatic carbocycles. The quantitative estimate of drug-likeness (QED) is 0.283. The summed E-state index contributed by atoms with van der Waals surface area (Å²) in [4.78, 5) is 4.18. The summed E-state index contributed by atoms with van der Waals surface area (Å²) in [5.41, 5.74) is 11.5. The van der Waals surface area contributed by atoms with Crippen LogP contribution in [0, 0.1) is 24.6 Å². The molecular weight excluding hydrogens is 662 g/mol. The SMILES string of the molecule is BrC1=CC2=[C+]C3=CC(=[C+]C4=CC(=CC5=CC(=[C+]C(=C2)[CH+]1)C=C(Br)C5)C=C(Cc1ccncc1)C4)C=C(Br)C3. The average Bonchev–Trinajstić information content (AvgIpc) is 2.83. The molecule has 1 heterocycles. The van der Waals surface area contributed by atoms with Crippen LogP contribution in [0.15, 0.2) is 143 Å². The van der Waals surface area contributed by atoms with E-state index in [-0.39, 0.29) is 0 Å². The van der Waals surface area contributed by atoms with Crippen LogP contribution in [-0.4, -0.2) is 4.98 Å². The largest absolute Gasteiger partial charge is 0.265 e. The first-order valence-electron chi connectivity index (χ1n) is 12.4. The first kappa shape index (κ1) is 25.4. The van der Waals surface area contributed by atoms with E-state index in [0.29, 0.717) is 0 Å². The topological polar surface area (TPSA) is 12.9 Å². The summed E-state index contributed by atoms with van der Waals surface area (Å²) in [5.74, 6) is 0. The van der Waals surface area contributed by atoms with Crippen molar-refractivity contribution in [3.8, 4) is 0 Å². The van der Waals surface area contributed by atoms with Gasteiger partial charge in [-0.05, 0) is 84.1 Å². The van der Waals surface area contributed by atoms with Crippen molar-refractivity contribution >= 4 is 47.8 Å². The zero-order valence-corrected chi connectivity index (χ0v) is 25.3. The predicted molar refractivity (Wildman–Crippen MR) is 166 cm³/mol.